The number of nitriles is 2. The monoisotopic (exact) mass is 422 g/mol. The van der Waals surface area contributed by atoms with E-state index in [9.17, 15) is 22.8 Å². The number of nitrogens with one attached hydrogen (secondary N) is 2. The van der Waals surface area contributed by atoms with Crippen LogP contribution in [0.5, 0.6) is 0 Å². The topological polar surface area (TPSA) is 110 Å². The van der Waals surface area contributed by atoms with E-state index in [1.54, 1.807) is 53.5 Å². The third kappa shape index (κ3) is 4.80. The van der Waals surface area contributed by atoms with E-state index in [-0.39, 0.29) is 0 Å². The van der Waals surface area contributed by atoms with E-state index in [2.05, 4.69) is 5.32 Å². The fourth-order valence-electron chi connectivity index (χ4n) is 2.89. The van der Waals surface area contributed by atoms with E-state index in [1.807, 2.05) is 12.1 Å². The molecule has 0 aliphatic carbocycles. The van der Waals surface area contributed by atoms with Gasteiger partial charge in [0.05, 0.1) is 29.3 Å². The summed E-state index contributed by atoms with van der Waals surface area (Å²) in [5.74, 6) is -0.881. The van der Waals surface area contributed by atoms with Crippen molar-refractivity contribution in [1.82, 2.24) is 10.3 Å². The Bertz CT molecular complexity index is 1190. The third-order valence-corrected chi connectivity index (χ3v) is 4.48. The Morgan fingerprint density at radius 2 is 1.35 bits per heavy atom. The number of carbonyl (C=O) groups is 1. The first kappa shape index (κ1) is 21.3. The Morgan fingerprint density at radius 3 is 1.74 bits per heavy atom. The van der Waals surface area contributed by atoms with E-state index in [0.717, 1.165) is 6.07 Å². The normalized spacial score (nSPS) is 10.9. The van der Waals surface area contributed by atoms with Crippen molar-refractivity contribution in [2.24, 2.45) is 0 Å². The van der Waals surface area contributed by atoms with Crippen LogP contribution in [-0.2, 0) is 6.18 Å². The molecular weight excluding hydrogens is 409 g/mol. The number of hydrogen-bond donors (Lipinski definition) is 2. The summed E-state index contributed by atoms with van der Waals surface area (Å²) in [6, 6.07) is 17.2. The van der Waals surface area contributed by atoms with Crippen molar-refractivity contribution in [3.8, 4) is 12.1 Å². The molecule has 0 saturated carbocycles. The van der Waals surface area contributed by atoms with Crippen molar-refractivity contribution in [3.05, 3.63) is 105 Å². The molecular formula is C22H13F3N4O2. The van der Waals surface area contributed by atoms with Gasteiger partial charge in [-0.1, -0.05) is 24.3 Å². The number of benzene rings is 2. The van der Waals surface area contributed by atoms with E-state index in [0.29, 0.717) is 28.3 Å². The molecule has 31 heavy (non-hydrogen) atoms. The highest BCUT2D eigenvalue weighted by Gasteiger charge is 2.32. The molecule has 6 nitrogen and oxygen atoms in total. The Kier molecular flexibility index (Phi) is 5.89. The summed E-state index contributed by atoms with van der Waals surface area (Å²) in [4.78, 5) is 26.4. The molecule has 0 fully saturated rings. The smallest absolute Gasteiger partial charge is 0.341 e. The van der Waals surface area contributed by atoms with E-state index < -0.39 is 34.9 Å². The summed E-state index contributed by atoms with van der Waals surface area (Å²) in [6.07, 6.45) is -4.75. The Hall–Kier alpha value is -4.37. The van der Waals surface area contributed by atoms with Gasteiger partial charge in [0.1, 0.15) is 11.3 Å². The highest BCUT2D eigenvalue weighted by Crippen LogP contribution is 2.27. The van der Waals surface area contributed by atoms with Crippen LogP contribution in [0.4, 0.5) is 13.2 Å². The van der Waals surface area contributed by atoms with Gasteiger partial charge in [-0.25, -0.2) is 0 Å². The van der Waals surface area contributed by atoms with Crippen molar-refractivity contribution in [2.45, 2.75) is 12.2 Å². The van der Waals surface area contributed by atoms with Gasteiger partial charge >= 0.3 is 6.18 Å². The average Bonchev–Trinajstić information content (AvgIpc) is 2.77. The zero-order valence-electron chi connectivity index (χ0n) is 15.7. The standard InChI is InChI=1S/C22H13F3N4O2/c23-22(24,25)18-10-9-17(20(30)28-18)21(31)29-19(15-5-1-13(11-26)2-6-15)16-7-3-14(12-27)4-8-16/h1-10,19H,(H,28,30)(H,29,31). The maximum absolute atomic E-state index is 12.8. The molecule has 1 aromatic heterocycles. The van der Waals surface area contributed by atoms with Gasteiger partial charge in [-0.05, 0) is 47.5 Å². The lowest BCUT2D eigenvalue weighted by Crippen LogP contribution is -2.34. The molecule has 2 N–H and O–H groups in total. The number of halogens is 3. The molecule has 0 bridgehead atoms. The lowest BCUT2D eigenvalue weighted by Gasteiger charge is -2.20. The third-order valence-electron chi connectivity index (χ3n) is 4.48. The molecule has 3 rings (SSSR count). The molecule has 0 aliphatic rings. The second kappa shape index (κ2) is 8.56. The fourth-order valence-corrected chi connectivity index (χ4v) is 2.89. The number of rotatable bonds is 4. The number of aromatic nitrogens is 1. The molecule has 0 unspecified atom stereocenters. The van der Waals surface area contributed by atoms with Crippen molar-refractivity contribution in [3.63, 3.8) is 0 Å². The zero-order chi connectivity index (χ0) is 22.6. The van der Waals surface area contributed by atoms with Crippen LogP contribution in [0.15, 0.2) is 65.5 Å². The molecule has 1 amide bonds. The van der Waals surface area contributed by atoms with Crippen LogP contribution in [0.25, 0.3) is 0 Å². The molecule has 154 valence electrons. The van der Waals surface area contributed by atoms with E-state index >= 15 is 0 Å². The summed E-state index contributed by atoms with van der Waals surface area (Å²) in [5, 5.41) is 20.6. The molecule has 3 aromatic rings. The van der Waals surface area contributed by atoms with Crippen molar-refractivity contribution in [1.29, 1.82) is 10.5 Å². The van der Waals surface area contributed by atoms with Gasteiger partial charge < -0.3 is 10.3 Å². The first-order chi connectivity index (χ1) is 14.7. The van der Waals surface area contributed by atoms with Crippen molar-refractivity contribution >= 4 is 5.91 Å². The van der Waals surface area contributed by atoms with Gasteiger partial charge in [0, 0.05) is 0 Å². The van der Waals surface area contributed by atoms with Crippen LogP contribution in [0.3, 0.4) is 0 Å². The van der Waals surface area contributed by atoms with Gasteiger partial charge in [-0.2, -0.15) is 23.7 Å². The zero-order valence-corrected chi connectivity index (χ0v) is 15.7. The SMILES string of the molecule is N#Cc1ccc(C(NC(=O)c2ccc(C(F)(F)F)[nH]c2=O)c2ccc(C#N)cc2)cc1. The summed E-state index contributed by atoms with van der Waals surface area (Å²) in [6.45, 7) is 0. The number of carbonyl (C=O) groups excluding carboxylic acids is 1. The van der Waals surface area contributed by atoms with Crippen molar-refractivity contribution < 1.29 is 18.0 Å². The minimum Gasteiger partial charge on any atom is -0.341 e. The highest BCUT2D eigenvalue weighted by atomic mass is 19.4. The molecule has 0 atom stereocenters. The first-order valence-corrected chi connectivity index (χ1v) is 8.84. The summed E-state index contributed by atoms with van der Waals surface area (Å²) < 4.78 is 38.3. The lowest BCUT2D eigenvalue weighted by molar-refractivity contribution is -0.141. The van der Waals surface area contributed by atoms with Gasteiger partial charge in [-0.3, -0.25) is 9.59 Å². The minimum absolute atomic E-state index is 0.396. The predicted octanol–water partition coefficient (Wildman–Crippen LogP) is 3.66. The number of hydrogen-bond acceptors (Lipinski definition) is 4. The van der Waals surface area contributed by atoms with Crippen LogP contribution < -0.4 is 10.9 Å². The highest BCUT2D eigenvalue weighted by molar-refractivity contribution is 5.94. The van der Waals surface area contributed by atoms with Crippen LogP contribution in [0.2, 0.25) is 0 Å². The van der Waals surface area contributed by atoms with Gasteiger partial charge in [0.2, 0.25) is 0 Å². The number of nitrogens with zero attached hydrogens (tertiary/aromatic N) is 2. The number of alkyl halides is 3. The number of pyridine rings is 1. The van der Waals surface area contributed by atoms with Crippen LogP contribution in [0.1, 0.15) is 44.3 Å². The molecule has 0 radical (unpaired) electrons. The Balaban J connectivity index is 1.98. The molecule has 9 heteroatoms. The number of H-pyrrole nitrogens is 1. The van der Waals surface area contributed by atoms with Gasteiger partial charge in [0.15, 0.2) is 0 Å². The molecule has 0 spiro atoms. The van der Waals surface area contributed by atoms with E-state index in [1.165, 1.54) is 0 Å². The van der Waals surface area contributed by atoms with Crippen LogP contribution >= 0.6 is 0 Å². The maximum atomic E-state index is 12.8. The first-order valence-electron chi connectivity index (χ1n) is 8.84. The summed E-state index contributed by atoms with van der Waals surface area (Å²) in [5.41, 5.74) is -0.989. The Morgan fingerprint density at radius 1 is 0.871 bits per heavy atom. The fraction of sp³-hybridized carbons (Fsp3) is 0.0909. The second-order valence-corrected chi connectivity index (χ2v) is 6.49. The quantitative estimate of drug-likeness (QED) is 0.669. The molecule has 0 aliphatic heterocycles. The summed E-state index contributed by atoms with van der Waals surface area (Å²) >= 11 is 0. The molecule has 1 heterocycles. The number of aromatic amines is 1. The summed E-state index contributed by atoms with van der Waals surface area (Å²) in [7, 11) is 0. The lowest BCUT2D eigenvalue weighted by atomic mass is 9.96. The Labute approximate surface area is 174 Å². The molecule has 0 saturated heterocycles. The van der Waals surface area contributed by atoms with Gasteiger partial charge in [0.25, 0.3) is 11.5 Å². The number of amides is 1. The predicted molar refractivity (Wildman–Crippen MR) is 104 cm³/mol. The second-order valence-electron chi connectivity index (χ2n) is 6.49. The van der Waals surface area contributed by atoms with Crippen LogP contribution in [-0.4, -0.2) is 10.9 Å². The van der Waals surface area contributed by atoms with Crippen LogP contribution in [0, 0.1) is 22.7 Å². The average molecular weight is 422 g/mol. The maximum Gasteiger partial charge on any atom is 0.431 e. The van der Waals surface area contributed by atoms with Crippen molar-refractivity contribution in [2.75, 3.05) is 0 Å². The molecule has 2 aromatic carbocycles. The van der Waals surface area contributed by atoms with Gasteiger partial charge in [-0.15, -0.1) is 0 Å². The minimum atomic E-state index is -4.75. The largest absolute Gasteiger partial charge is 0.431 e. The van der Waals surface area contributed by atoms with E-state index in [4.69, 9.17) is 10.5 Å².